The zero-order valence-corrected chi connectivity index (χ0v) is 11.4. The van der Waals surface area contributed by atoms with E-state index in [0.29, 0.717) is 0 Å². The van der Waals surface area contributed by atoms with Gasteiger partial charge in [-0.3, -0.25) is 4.79 Å². The predicted octanol–water partition coefficient (Wildman–Crippen LogP) is 1.24. The van der Waals surface area contributed by atoms with Gasteiger partial charge >= 0.3 is 5.97 Å². The summed E-state index contributed by atoms with van der Waals surface area (Å²) in [6, 6.07) is 2.69. The normalized spacial score (nSPS) is 13.1. The van der Waals surface area contributed by atoms with Crippen LogP contribution >= 0.6 is 11.3 Å². The minimum atomic E-state index is -1.10. The number of hydrogen-bond acceptors (Lipinski definition) is 4. The average Bonchev–Trinajstić information content (AvgIpc) is 2.81. The van der Waals surface area contributed by atoms with Crippen molar-refractivity contribution in [3.05, 3.63) is 22.4 Å². The zero-order valence-electron chi connectivity index (χ0n) is 10.6. The third-order valence-corrected chi connectivity index (χ3v) is 3.84. The van der Waals surface area contributed by atoms with Gasteiger partial charge in [0.25, 0.3) is 0 Å². The van der Waals surface area contributed by atoms with Crippen LogP contribution in [0.3, 0.4) is 0 Å². The summed E-state index contributed by atoms with van der Waals surface area (Å²) in [6.07, 6.45) is 0. The van der Waals surface area contributed by atoms with Crippen LogP contribution in [0.25, 0.3) is 0 Å². The Bertz CT molecular complexity index is 414. The van der Waals surface area contributed by atoms with Gasteiger partial charge in [0, 0.05) is 12.0 Å². The molecule has 2 N–H and O–H groups in total. The molecule has 1 amide bonds. The molecule has 6 heteroatoms. The summed E-state index contributed by atoms with van der Waals surface area (Å²) in [5.41, 5.74) is -0.754. The number of rotatable bonds is 6. The van der Waals surface area contributed by atoms with Gasteiger partial charge in [-0.25, -0.2) is 4.79 Å². The first-order valence-electron chi connectivity index (χ1n) is 5.46. The first-order chi connectivity index (χ1) is 8.39. The molecule has 0 aliphatic rings. The second kappa shape index (κ2) is 5.97. The average molecular weight is 271 g/mol. The molecule has 1 unspecified atom stereocenters. The number of carbonyl (C=O) groups is 2. The number of carboxylic acid groups (broad SMARTS) is 1. The third-order valence-electron chi connectivity index (χ3n) is 2.64. The van der Waals surface area contributed by atoms with Gasteiger partial charge in [0.05, 0.1) is 12.0 Å². The molecule has 1 aromatic heterocycles. The first kappa shape index (κ1) is 14.7. The van der Waals surface area contributed by atoms with Crippen LogP contribution in [0.15, 0.2) is 17.5 Å². The molecule has 0 aliphatic heterocycles. The minimum absolute atomic E-state index is 0.0540. The molecule has 0 spiro atoms. The lowest BCUT2D eigenvalue weighted by Gasteiger charge is -2.24. The van der Waals surface area contributed by atoms with Crippen LogP contribution in [0.2, 0.25) is 0 Å². The van der Waals surface area contributed by atoms with E-state index >= 15 is 0 Å². The van der Waals surface area contributed by atoms with Crippen molar-refractivity contribution in [2.45, 2.75) is 25.3 Å². The summed E-state index contributed by atoms with van der Waals surface area (Å²) >= 11 is 1.47. The van der Waals surface area contributed by atoms with Crippen molar-refractivity contribution in [2.24, 2.45) is 0 Å². The Morgan fingerprint density at radius 3 is 2.67 bits per heavy atom. The molecule has 0 aromatic carbocycles. The van der Waals surface area contributed by atoms with Crippen LogP contribution in [0, 0.1) is 0 Å². The number of nitrogens with one attached hydrogen (secondary N) is 1. The van der Waals surface area contributed by atoms with E-state index in [-0.39, 0.29) is 12.5 Å². The van der Waals surface area contributed by atoms with Crippen LogP contribution in [0.1, 0.15) is 18.7 Å². The summed E-state index contributed by atoms with van der Waals surface area (Å²) in [7, 11) is 1.40. The van der Waals surface area contributed by atoms with Crippen molar-refractivity contribution >= 4 is 23.2 Å². The van der Waals surface area contributed by atoms with E-state index in [4.69, 9.17) is 9.84 Å². The molecule has 0 saturated heterocycles. The highest BCUT2D eigenvalue weighted by atomic mass is 32.1. The lowest BCUT2D eigenvalue weighted by Crippen LogP contribution is -2.50. The highest BCUT2D eigenvalue weighted by Crippen LogP contribution is 2.27. The maximum absolute atomic E-state index is 12.1. The van der Waals surface area contributed by atoms with Crippen LogP contribution in [-0.2, 0) is 19.7 Å². The second-order valence-electron chi connectivity index (χ2n) is 4.42. The molecule has 1 atom stereocenters. The Labute approximate surface area is 110 Å². The Balaban J connectivity index is 2.78. The van der Waals surface area contributed by atoms with E-state index in [0.717, 1.165) is 4.88 Å². The van der Waals surface area contributed by atoms with E-state index in [9.17, 15) is 9.59 Å². The number of aliphatic carboxylic acids is 1. The molecule has 0 fully saturated rings. The van der Waals surface area contributed by atoms with Crippen molar-refractivity contribution in [2.75, 3.05) is 13.7 Å². The minimum Gasteiger partial charge on any atom is -0.480 e. The monoisotopic (exact) mass is 271 g/mol. The van der Waals surface area contributed by atoms with Crippen LogP contribution in [-0.4, -0.2) is 36.7 Å². The Morgan fingerprint density at radius 2 is 2.22 bits per heavy atom. The molecule has 18 heavy (non-hydrogen) atoms. The zero-order chi connectivity index (χ0) is 13.8. The fraction of sp³-hybridized carbons (Fsp3) is 0.500. The maximum Gasteiger partial charge on any atom is 0.328 e. The first-order valence-corrected chi connectivity index (χ1v) is 6.34. The number of amides is 1. The van der Waals surface area contributed by atoms with Gasteiger partial charge in [0.1, 0.15) is 0 Å². The van der Waals surface area contributed by atoms with Gasteiger partial charge < -0.3 is 15.2 Å². The highest BCUT2D eigenvalue weighted by Gasteiger charge is 2.33. The van der Waals surface area contributed by atoms with Crippen LogP contribution < -0.4 is 5.32 Å². The number of thiophene rings is 1. The van der Waals surface area contributed by atoms with Gasteiger partial charge in [-0.15, -0.1) is 11.3 Å². The Kier molecular flexibility index (Phi) is 4.86. The van der Waals surface area contributed by atoms with E-state index < -0.39 is 17.4 Å². The summed E-state index contributed by atoms with van der Waals surface area (Å²) in [5, 5.41) is 13.3. The summed E-state index contributed by atoms with van der Waals surface area (Å²) in [5.74, 6) is -1.43. The number of carboxylic acids is 1. The smallest absolute Gasteiger partial charge is 0.328 e. The fourth-order valence-corrected chi connectivity index (χ4v) is 2.27. The number of carbonyl (C=O) groups excluding carboxylic acids is 1. The molecule has 1 rings (SSSR count). The maximum atomic E-state index is 12.1. The van der Waals surface area contributed by atoms with Crippen LogP contribution in [0.4, 0.5) is 0 Å². The number of ether oxygens (including phenoxy) is 1. The molecule has 0 bridgehead atoms. The van der Waals surface area contributed by atoms with Gasteiger partial charge in [-0.2, -0.15) is 0 Å². The standard InChI is InChI=1S/C12H17NO4S/c1-12(2,9-5-4-6-18-9)11(16)13-8(7-17-3)10(14)15/h4-6,8H,7H2,1-3H3,(H,13,16)(H,14,15). The predicted molar refractivity (Wildman–Crippen MR) is 68.8 cm³/mol. The lowest BCUT2D eigenvalue weighted by atomic mass is 9.90. The SMILES string of the molecule is COCC(NC(=O)C(C)(C)c1cccs1)C(=O)O. The third kappa shape index (κ3) is 3.30. The molecule has 0 saturated carbocycles. The van der Waals surface area contributed by atoms with E-state index in [1.54, 1.807) is 13.8 Å². The summed E-state index contributed by atoms with van der Waals surface area (Å²) in [4.78, 5) is 24.0. The van der Waals surface area contributed by atoms with Gasteiger partial charge in [-0.05, 0) is 25.3 Å². The molecule has 5 nitrogen and oxygen atoms in total. The molecule has 0 aliphatic carbocycles. The highest BCUT2D eigenvalue weighted by molar-refractivity contribution is 7.10. The Morgan fingerprint density at radius 1 is 1.56 bits per heavy atom. The second-order valence-corrected chi connectivity index (χ2v) is 5.37. The van der Waals surface area contributed by atoms with Crippen molar-refractivity contribution < 1.29 is 19.4 Å². The quantitative estimate of drug-likeness (QED) is 0.816. The molecular formula is C12H17NO4S. The van der Waals surface area contributed by atoms with Gasteiger partial charge in [-0.1, -0.05) is 6.07 Å². The van der Waals surface area contributed by atoms with Gasteiger partial charge in [0.2, 0.25) is 5.91 Å². The van der Waals surface area contributed by atoms with Crippen molar-refractivity contribution in [1.82, 2.24) is 5.32 Å². The van der Waals surface area contributed by atoms with Crippen molar-refractivity contribution in [3.8, 4) is 0 Å². The van der Waals surface area contributed by atoms with Gasteiger partial charge in [0.15, 0.2) is 6.04 Å². The van der Waals surface area contributed by atoms with Crippen LogP contribution in [0.5, 0.6) is 0 Å². The molecule has 1 aromatic rings. The number of methoxy groups -OCH3 is 1. The fourth-order valence-electron chi connectivity index (χ4n) is 1.43. The molecule has 0 radical (unpaired) electrons. The Hall–Kier alpha value is -1.40. The number of hydrogen-bond donors (Lipinski definition) is 2. The summed E-state index contributed by atoms with van der Waals surface area (Å²) in [6.45, 7) is 3.47. The van der Waals surface area contributed by atoms with E-state index in [2.05, 4.69) is 5.32 Å². The molecule has 100 valence electrons. The molecular weight excluding hydrogens is 254 g/mol. The van der Waals surface area contributed by atoms with E-state index in [1.165, 1.54) is 18.4 Å². The lowest BCUT2D eigenvalue weighted by molar-refractivity contribution is -0.144. The largest absolute Gasteiger partial charge is 0.480 e. The van der Waals surface area contributed by atoms with Crippen molar-refractivity contribution in [1.29, 1.82) is 0 Å². The topological polar surface area (TPSA) is 75.6 Å². The molecule has 1 heterocycles. The van der Waals surface area contributed by atoms with Crippen molar-refractivity contribution in [3.63, 3.8) is 0 Å². The van der Waals surface area contributed by atoms with E-state index in [1.807, 2.05) is 17.5 Å². The summed E-state index contributed by atoms with van der Waals surface area (Å²) < 4.78 is 4.78.